The Morgan fingerprint density at radius 1 is 1.00 bits per heavy atom. The molecule has 2 rings (SSSR count). The van der Waals surface area contributed by atoms with Crippen molar-refractivity contribution in [1.29, 1.82) is 0 Å². The van der Waals surface area contributed by atoms with Gasteiger partial charge in [0.25, 0.3) is 8.32 Å². The lowest BCUT2D eigenvalue weighted by molar-refractivity contribution is 0.333. The van der Waals surface area contributed by atoms with Gasteiger partial charge in [0.15, 0.2) is 0 Å². The van der Waals surface area contributed by atoms with Crippen LogP contribution in [0, 0.1) is 0 Å². The van der Waals surface area contributed by atoms with Gasteiger partial charge in [0, 0.05) is 5.33 Å². The monoisotopic (exact) mass is 428 g/mol. The van der Waals surface area contributed by atoms with Crippen LogP contribution in [0.25, 0.3) is 0 Å². The maximum atomic E-state index is 6.84. The molecule has 138 valence electrons. The Bertz CT molecular complexity index is 677. The highest BCUT2D eigenvalue weighted by Gasteiger charge is 2.50. The zero-order chi connectivity index (χ0) is 19.0. The summed E-state index contributed by atoms with van der Waals surface area (Å²) in [6.07, 6.45) is 5.23. The van der Waals surface area contributed by atoms with Crippen molar-refractivity contribution in [3.8, 4) is 0 Å². The molecular weight excluding hydrogens is 400 g/mol. The van der Waals surface area contributed by atoms with Crippen molar-refractivity contribution >= 4 is 34.6 Å². The van der Waals surface area contributed by atoms with Gasteiger partial charge in [0.1, 0.15) is 0 Å². The van der Waals surface area contributed by atoms with E-state index in [0.29, 0.717) is 6.61 Å². The van der Waals surface area contributed by atoms with Crippen LogP contribution in [-0.4, -0.2) is 20.3 Å². The summed E-state index contributed by atoms with van der Waals surface area (Å²) in [6.45, 7) is 11.6. The molecule has 0 aliphatic heterocycles. The maximum absolute atomic E-state index is 6.84. The van der Waals surface area contributed by atoms with Crippen LogP contribution in [-0.2, 0) is 4.43 Å². The molecule has 0 N–H and O–H groups in total. The summed E-state index contributed by atoms with van der Waals surface area (Å²) in [5, 5.41) is 3.56. The van der Waals surface area contributed by atoms with Crippen molar-refractivity contribution in [3.63, 3.8) is 0 Å². The Labute approximate surface area is 168 Å². The molecule has 0 radical (unpaired) electrons. The molecule has 0 aliphatic rings. The van der Waals surface area contributed by atoms with Crippen LogP contribution in [0.2, 0.25) is 5.04 Å². The van der Waals surface area contributed by atoms with Gasteiger partial charge in [-0.1, -0.05) is 116 Å². The second-order valence-corrected chi connectivity index (χ2v) is 12.6. The first-order valence-electron chi connectivity index (χ1n) is 9.07. The minimum atomic E-state index is -2.46. The predicted molar refractivity (Wildman–Crippen MR) is 120 cm³/mol. The Kier molecular flexibility index (Phi) is 7.63. The highest BCUT2D eigenvalue weighted by atomic mass is 79.9. The van der Waals surface area contributed by atoms with Crippen molar-refractivity contribution in [3.05, 3.63) is 85.0 Å². The predicted octanol–water partition coefficient (Wildman–Crippen LogP) is 5.46. The molecule has 0 unspecified atom stereocenters. The van der Waals surface area contributed by atoms with Crippen LogP contribution in [0.15, 0.2) is 85.0 Å². The lowest BCUT2D eigenvalue weighted by Crippen LogP contribution is -2.66. The Morgan fingerprint density at radius 2 is 1.50 bits per heavy atom. The summed E-state index contributed by atoms with van der Waals surface area (Å²) in [6, 6.07) is 21.4. The van der Waals surface area contributed by atoms with Crippen molar-refractivity contribution in [1.82, 2.24) is 0 Å². The molecule has 0 saturated heterocycles. The summed E-state index contributed by atoms with van der Waals surface area (Å²) < 4.78 is 6.84. The van der Waals surface area contributed by atoms with Crippen LogP contribution in [0.4, 0.5) is 0 Å². The van der Waals surface area contributed by atoms with E-state index >= 15 is 0 Å². The number of benzene rings is 2. The summed E-state index contributed by atoms with van der Waals surface area (Å²) >= 11 is 3.45. The van der Waals surface area contributed by atoms with Crippen LogP contribution < -0.4 is 10.4 Å². The number of hydrogen-bond donors (Lipinski definition) is 0. The zero-order valence-corrected chi connectivity index (χ0v) is 18.6. The van der Waals surface area contributed by atoms with Crippen LogP contribution >= 0.6 is 15.9 Å². The number of rotatable bonds is 8. The fraction of sp³-hybridized carbons (Fsp3) is 0.304. The van der Waals surface area contributed by atoms with Crippen molar-refractivity contribution < 1.29 is 4.43 Å². The van der Waals surface area contributed by atoms with E-state index in [1.165, 1.54) is 10.4 Å². The molecule has 26 heavy (non-hydrogen) atoms. The molecule has 0 atom stereocenters. The summed E-state index contributed by atoms with van der Waals surface area (Å²) in [4.78, 5) is 0. The standard InChI is InChI=1S/C23H29BrOSi/c1-20(13-11-12-18-24)19-25-26(23(2,3)4,21-14-7-5-8-15-21)22-16-9-6-10-17-22/h5-11,13-17H,1,12,18-19H2,2-4H3/b13-11+. The maximum Gasteiger partial charge on any atom is 0.261 e. The van der Waals surface area contributed by atoms with Gasteiger partial charge >= 0.3 is 0 Å². The lowest BCUT2D eigenvalue weighted by Gasteiger charge is -2.43. The van der Waals surface area contributed by atoms with E-state index in [4.69, 9.17) is 4.43 Å². The molecule has 0 heterocycles. The van der Waals surface area contributed by atoms with Crippen LogP contribution in [0.3, 0.4) is 0 Å². The van der Waals surface area contributed by atoms with Gasteiger partial charge in [-0.3, -0.25) is 0 Å². The first-order valence-corrected chi connectivity index (χ1v) is 12.1. The van der Waals surface area contributed by atoms with Crippen molar-refractivity contribution in [2.75, 3.05) is 11.9 Å². The first-order chi connectivity index (χ1) is 12.4. The van der Waals surface area contributed by atoms with Crippen molar-refractivity contribution in [2.45, 2.75) is 32.2 Å². The first kappa shape index (κ1) is 20.9. The van der Waals surface area contributed by atoms with Crippen LogP contribution in [0.1, 0.15) is 27.2 Å². The fourth-order valence-electron chi connectivity index (χ4n) is 3.32. The largest absolute Gasteiger partial charge is 0.403 e. The Balaban J connectivity index is 2.46. The van der Waals surface area contributed by atoms with E-state index in [2.05, 4.69) is 116 Å². The van der Waals surface area contributed by atoms with E-state index in [1.54, 1.807) is 0 Å². The summed E-state index contributed by atoms with van der Waals surface area (Å²) in [5.41, 5.74) is 1.01. The van der Waals surface area contributed by atoms with E-state index in [1.807, 2.05) is 0 Å². The molecule has 0 spiro atoms. The van der Waals surface area contributed by atoms with Gasteiger partial charge in [-0.25, -0.2) is 0 Å². The average Bonchev–Trinajstić information content (AvgIpc) is 2.63. The number of halogens is 1. The lowest BCUT2D eigenvalue weighted by atomic mass is 10.2. The fourth-order valence-corrected chi connectivity index (χ4v) is 8.15. The van der Waals surface area contributed by atoms with E-state index < -0.39 is 8.32 Å². The van der Waals surface area contributed by atoms with Gasteiger partial charge < -0.3 is 4.43 Å². The van der Waals surface area contributed by atoms with Crippen molar-refractivity contribution in [2.24, 2.45) is 0 Å². The van der Waals surface area contributed by atoms with Gasteiger partial charge in [0.05, 0.1) is 6.61 Å². The molecular formula is C23H29BrOSi. The summed E-state index contributed by atoms with van der Waals surface area (Å²) in [5.74, 6) is 0. The minimum absolute atomic E-state index is 0.00441. The molecule has 0 amide bonds. The normalized spacial score (nSPS) is 12.5. The SMILES string of the molecule is C=C(/C=C/CCBr)CO[Si](c1ccccc1)(c1ccccc1)C(C)(C)C. The van der Waals surface area contributed by atoms with E-state index in [-0.39, 0.29) is 5.04 Å². The Hall–Kier alpha value is -1.42. The molecule has 0 aromatic heterocycles. The molecule has 0 aliphatic carbocycles. The molecule has 2 aromatic rings. The smallest absolute Gasteiger partial charge is 0.261 e. The third-order valence-corrected chi connectivity index (χ3v) is 9.96. The van der Waals surface area contributed by atoms with E-state index in [9.17, 15) is 0 Å². The molecule has 2 aromatic carbocycles. The average molecular weight is 429 g/mol. The number of alkyl halides is 1. The number of allylic oxidation sites excluding steroid dienone is 1. The van der Waals surface area contributed by atoms with Gasteiger partial charge in [0.2, 0.25) is 0 Å². The summed E-state index contributed by atoms with van der Waals surface area (Å²) in [7, 11) is -2.46. The minimum Gasteiger partial charge on any atom is -0.403 e. The van der Waals surface area contributed by atoms with Gasteiger partial charge in [-0.2, -0.15) is 0 Å². The highest BCUT2D eigenvalue weighted by Crippen LogP contribution is 2.36. The Morgan fingerprint density at radius 3 is 1.92 bits per heavy atom. The molecule has 0 fully saturated rings. The second kappa shape index (κ2) is 9.49. The molecule has 0 saturated carbocycles. The number of hydrogen-bond acceptors (Lipinski definition) is 1. The second-order valence-electron chi connectivity index (χ2n) is 7.49. The third kappa shape index (κ3) is 4.85. The molecule has 3 heteroatoms. The van der Waals surface area contributed by atoms with Gasteiger partial charge in [-0.15, -0.1) is 0 Å². The quantitative estimate of drug-likeness (QED) is 0.308. The topological polar surface area (TPSA) is 9.23 Å². The zero-order valence-electron chi connectivity index (χ0n) is 16.0. The molecule has 1 nitrogen and oxygen atoms in total. The van der Waals surface area contributed by atoms with E-state index in [0.717, 1.165) is 17.3 Å². The highest BCUT2D eigenvalue weighted by molar-refractivity contribution is 9.09. The van der Waals surface area contributed by atoms with Gasteiger partial charge in [-0.05, 0) is 27.4 Å². The molecule has 0 bridgehead atoms. The third-order valence-electron chi connectivity index (χ3n) is 4.52. The van der Waals surface area contributed by atoms with Crippen LogP contribution in [0.5, 0.6) is 0 Å².